The van der Waals surface area contributed by atoms with Crippen molar-refractivity contribution in [2.45, 2.75) is 77.3 Å². The third-order valence-corrected chi connectivity index (χ3v) is 7.15. The molecule has 4 amide bonds. The molecule has 2 atom stereocenters. The Morgan fingerprint density at radius 3 is 2.26 bits per heavy atom. The molecule has 0 saturated heterocycles. The third kappa shape index (κ3) is 15.3. The first-order valence-electron chi connectivity index (χ1n) is 15.2. The molecule has 2 rings (SSSR count). The number of esters is 1. The van der Waals surface area contributed by atoms with E-state index in [9.17, 15) is 24.0 Å². The molecular formula is C33H47N5O7S. The standard InChI is InChI=1S/C33H47N5O7S/c1-33(2,3)45-31(42)27(15-8-9-17-35-32(43)44-22-23-11-6-5-7-12-23)37-28(39)21-36-30(41)26(16-18-46-4)38-29(40)25-14-10-13-24(19-25)20-34/h5-7,10-14,19,26-27H,8-9,15-18,20-22,34H2,1-4H3,(H,35,43)(H,36,41)(H,37,39)(H,38,40)/t26-,27-/m0/s1. The lowest BCUT2D eigenvalue weighted by atomic mass is 10.1. The van der Waals surface area contributed by atoms with Crippen LogP contribution in [0.5, 0.6) is 0 Å². The van der Waals surface area contributed by atoms with Gasteiger partial charge in [0, 0.05) is 18.7 Å². The van der Waals surface area contributed by atoms with Gasteiger partial charge < -0.3 is 36.5 Å². The average molecular weight is 658 g/mol. The van der Waals surface area contributed by atoms with E-state index >= 15 is 0 Å². The Hall–Kier alpha value is -4.10. The molecule has 0 saturated carbocycles. The molecule has 13 heteroatoms. The minimum absolute atomic E-state index is 0.156. The van der Waals surface area contributed by atoms with Crippen LogP contribution in [0.3, 0.4) is 0 Å². The largest absolute Gasteiger partial charge is 0.458 e. The van der Waals surface area contributed by atoms with Gasteiger partial charge in [0.05, 0.1) is 6.54 Å². The molecule has 252 valence electrons. The van der Waals surface area contributed by atoms with Crippen LogP contribution in [0.2, 0.25) is 0 Å². The lowest BCUT2D eigenvalue weighted by Crippen LogP contribution is -2.51. The molecule has 0 unspecified atom stereocenters. The number of thioether (sulfide) groups is 1. The van der Waals surface area contributed by atoms with E-state index in [1.807, 2.05) is 36.6 Å². The van der Waals surface area contributed by atoms with Crippen molar-refractivity contribution in [1.82, 2.24) is 21.3 Å². The number of hydrogen-bond acceptors (Lipinski definition) is 9. The second-order valence-electron chi connectivity index (χ2n) is 11.6. The number of carbonyl (C=O) groups is 5. The summed E-state index contributed by atoms with van der Waals surface area (Å²) in [7, 11) is 0. The highest BCUT2D eigenvalue weighted by Gasteiger charge is 2.27. The maximum Gasteiger partial charge on any atom is 0.407 e. The number of unbranched alkanes of at least 4 members (excludes halogenated alkanes) is 1. The lowest BCUT2D eigenvalue weighted by Gasteiger charge is -2.25. The van der Waals surface area contributed by atoms with Gasteiger partial charge in [-0.1, -0.05) is 42.5 Å². The van der Waals surface area contributed by atoms with E-state index in [-0.39, 0.29) is 19.6 Å². The predicted octanol–water partition coefficient (Wildman–Crippen LogP) is 3.04. The van der Waals surface area contributed by atoms with E-state index < -0.39 is 54.0 Å². The third-order valence-electron chi connectivity index (χ3n) is 6.51. The number of nitrogens with two attached hydrogens (primary N) is 1. The Morgan fingerprint density at radius 2 is 1.59 bits per heavy atom. The molecule has 0 spiro atoms. The molecule has 0 bridgehead atoms. The molecule has 46 heavy (non-hydrogen) atoms. The van der Waals surface area contributed by atoms with Gasteiger partial charge in [-0.05, 0) is 81.7 Å². The fourth-order valence-corrected chi connectivity index (χ4v) is 4.65. The Kier molecular flexibility index (Phi) is 16.7. The Bertz CT molecular complexity index is 1290. The highest BCUT2D eigenvalue weighted by molar-refractivity contribution is 7.98. The number of rotatable bonds is 18. The first-order chi connectivity index (χ1) is 21.9. The zero-order valence-corrected chi connectivity index (χ0v) is 27.9. The first kappa shape index (κ1) is 38.1. The van der Waals surface area contributed by atoms with Crippen LogP contribution in [0.4, 0.5) is 4.79 Å². The molecule has 0 aromatic heterocycles. The normalized spacial score (nSPS) is 12.3. The fourth-order valence-electron chi connectivity index (χ4n) is 4.18. The van der Waals surface area contributed by atoms with Gasteiger partial charge in [-0.3, -0.25) is 14.4 Å². The highest BCUT2D eigenvalue weighted by atomic mass is 32.2. The summed E-state index contributed by atoms with van der Waals surface area (Å²) in [5, 5.41) is 10.6. The number of hydrogen-bond donors (Lipinski definition) is 5. The van der Waals surface area contributed by atoms with Gasteiger partial charge in [0.1, 0.15) is 24.3 Å². The van der Waals surface area contributed by atoms with E-state index in [0.29, 0.717) is 37.1 Å². The van der Waals surface area contributed by atoms with Crippen LogP contribution in [-0.2, 0) is 37.0 Å². The Labute approximate surface area is 275 Å². The number of amides is 4. The van der Waals surface area contributed by atoms with Crippen LogP contribution in [0.15, 0.2) is 54.6 Å². The zero-order chi connectivity index (χ0) is 34.0. The monoisotopic (exact) mass is 657 g/mol. The molecule has 0 aliphatic heterocycles. The van der Waals surface area contributed by atoms with Crippen LogP contribution >= 0.6 is 11.8 Å². The summed E-state index contributed by atoms with van der Waals surface area (Å²) in [6, 6.07) is 14.3. The van der Waals surface area contributed by atoms with Crippen LogP contribution < -0.4 is 27.0 Å². The molecule has 0 heterocycles. The van der Waals surface area contributed by atoms with Gasteiger partial charge in [-0.2, -0.15) is 11.8 Å². The summed E-state index contributed by atoms with van der Waals surface area (Å²) in [5.74, 6) is -1.53. The summed E-state index contributed by atoms with van der Waals surface area (Å²) in [6.45, 7) is 5.53. The van der Waals surface area contributed by atoms with Gasteiger partial charge in [0.25, 0.3) is 5.91 Å². The SMILES string of the molecule is CSCC[C@H](NC(=O)c1cccc(CN)c1)C(=O)NCC(=O)N[C@@H](CCCCNC(=O)OCc1ccccc1)C(=O)OC(C)(C)C. The highest BCUT2D eigenvalue weighted by Crippen LogP contribution is 2.12. The molecular weight excluding hydrogens is 610 g/mol. The van der Waals surface area contributed by atoms with Gasteiger partial charge in [0.2, 0.25) is 11.8 Å². The molecule has 0 fully saturated rings. The molecule has 2 aromatic rings. The Morgan fingerprint density at radius 1 is 0.870 bits per heavy atom. The quantitative estimate of drug-likeness (QED) is 0.119. The van der Waals surface area contributed by atoms with E-state index in [1.54, 1.807) is 45.0 Å². The van der Waals surface area contributed by atoms with Crippen LogP contribution in [-0.4, -0.2) is 72.6 Å². The second-order valence-corrected chi connectivity index (χ2v) is 12.6. The van der Waals surface area contributed by atoms with Crippen molar-refractivity contribution in [2.24, 2.45) is 5.73 Å². The van der Waals surface area contributed by atoms with Crippen molar-refractivity contribution in [3.8, 4) is 0 Å². The topological polar surface area (TPSA) is 178 Å². The van der Waals surface area contributed by atoms with Crippen molar-refractivity contribution >= 4 is 41.5 Å². The number of ether oxygens (including phenoxy) is 2. The molecule has 0 aliphatic carbocycles. The Balaban J connectivity index is 1.88. The van der Waals surface area contributed by atoms with Crippen molar-refractivity contribution in [3.05, 3.63) is 71.3 Å². The van der Waals surface area contributed by atoms with Crippen LogP contribution in [0, 0.1) is 0 Å². The maximum atomic E-state index is 13.0. The fraction of sp³-hybridized carbons (Fsp3) is 0.485. The molecule has 12 nitrogen and oxygen atoms in total. The lowest BCUT2D eigenvalue weighted by molar-refractivity contribution is -0.158. The summed E-state index contributed by atoms with van der Waals surface area (Å²) >= 11 is 1.52. The minimum atomic E-state index is -0.963. The molecule has 2 aromatic carbocycles. The smallest absolute Gasteiger partial charge is 0.407 e. The van der Waals surface area contributed by atoms with Gasteiger partial charge >= 0.3 is 12.1 Å². The molecule has 0 radical (unpaired) electrons. The van der Waals surface area contributed by atoms with Gasteiger partial charge in [0.15, 0.2) is 0 Å². The molecule has 6 N–H and O–H groups in total. The summed E-state index contributed by atoms with van der Waals surface area (Å²) in [5.41, 5.74) is 6.94. The van der Waals surface area contributed by atoms with Crippen molar-refractivity contribution < 1.29 is 33.4 Å². The van der Waals surface area contributed by atoms with Crippen molar-refractivity contribution in [3.63, 3.8) is 0 Å². The van der Waals surface area contributed by atoms with Gasteiger partial charge in [-0.25, -0.2) is 9.59 Å². The van der Waals surface area contributed by atoms with Gasteiger partial charge in [-0.15, -0.1) is 0 Å². The number of carbonyl (C=O) groups excluding carboxylic acids is 5. The predicted molar refractivity (Wildman–Crippen MR) is 178 cm³/mol. The molecule has 0 aliphatic rings. The van der Waals surface area contributed by atoms with Crippen LogP contribution in [0.1, 0.15) is 67.9 Å². The first-order valence-corrected chi connectivity index (χ1v) is 16.6. The van der Waals surface area contributed by atoms with Crippen molar-refractivity contribution in [2.75, 3.05) is 25.1 Å². The van der Waals surface area contributed by atoms with Crippen molar-refractivity contribution in [1.29, 1.82) is 0 Å². The maximum absolute atomic E-state index is 13.0. The van der Waals surface area contributed by atoms with E-state index in [1.165, 1.54) is 11.8 Å². The van der Waals surface area contributed by atoms with E-state index in [0.717, 1.165) is 11.1 Å². The summed E-state index contributed by atoms with van der Waals surface area (Å²) in [6.07, 6.45) is 2.96. The summed E-state index contributed by atoms with van der Waals surface area (Å²) < 4.78 is 10.7. The van der Waals surface area contributed by atoms with E-state index in [2.05, 4.69) is 21.3 Å². The van der Waals surface area contributed by atoms with E-state index in [4.69, 9.17) is 15.2 Å². The summed E-state index contributed by atoms with van der Waals surface area (Å²) in [4.78, 5) is 63.5. The minimum Gasteiger partial charge on any atom is -0.458 e. The second kappa shape index (κ2) is 20.1. The zero-order valence-electron chi connectivity index (χ0n) is 27.1. The number of nitrogens with one attached hydrogen (secondary N) is 4. The average Bonchev–Trinajstić information content (AvgIpc) is 3.03. The number of alkyl carbamates (subject to hydrolysis) is 1. The van der Waals surface area contributed by atoms with Crippen LogP contribution in [0.25, 0.3) is 0 Å². The number of benzene rings is 2.